The number of hydrogen-bond donors (Lipinski definition) is 1. The van der Waals surface area contributed by atoms with E-state index in [-0.39, 0.29) is 5.91 Å². The highest BCUT2D eigenvalue weighted by atomic mass is 35.5. The van der Waals surface area contributed by atoms with Crippen LogP contribution in [0.3, 0.4) is 0 Å². The zero-order chi connectivity index (χ0) is 17.3. The normalized spacial score (nSPS) is 14.9. The molecule has 2 aromatic rings. The molecular weight excluding hydrogens is 330 g/mol. The average molecular weight is 348 g/mol. The van der Waals surface area contributed by atoms with Crippen LogP contribution >= 0.6 is 11.6 Å². The number of rotatable bonds is 4. The molecule has 0 bridgehead atoms. The summed E-state index contributed by atoms with van der Waals surface area (Å²) in [5, 5.41) is 3.71. The fraction of sp³-hybridized carbons (Fsp3) is 0.353. The predicted molar refractivity (Wildman–Crippen MR) is 94.6 cm³/mol. The lowest BCUT2D eigenvalue weighted by Crippen LogP contribution is -2.52. The summed E-state index contributed by atoms with van der Waals surface area (Å²) < 4.78 is 0. The Labute approximate surface area is 144 Å². The van der Waals surface area contributed by atoms with E-state index < -0.39 is 10.9 Å². The lowest BCUT2D eigenvalue weighted by molar-refractivity contribution is -0.129. The summed E-state index contributed by atoms with van der Waals surface area (Å²) in [4.78, 5) is 38.8. The molecular formula is C17H18ClN3O3. The number of carbonyl (C=O) groups excluding carboxylic acids is 1. The minimum atomic E-state index is -0.479. The largest absolute Gasteiger partial charge is 0.376 e. The number of nitrogens with zero attached hydrogens (tertiary/aromatic N) is 2. The highest BCUT2D eigenvalue weighted by Gasteiger charge is 2.28. The van der Waals surface area contributed by atoms with Gasteiger partial charge < -0.3 is 15.1 Å². The molecule has 0 spiro atoms. The molecule has 1 amide bonds. The van der Waals surface area contributed by atoms with Crippen molar-refractivity contribution in [2.45, 2.75) is 13.5 Å². The SMILES string of the molecule is CC(=O)N1CCN(c2c(NCc3ccc(Cl)cc3)c(=O)c2=O)CC1. The van der Waals surface area contributed by atoms with Crippen molar-refractivity contribution in [1.82, 2.24) is 4.90 Å². The third kappa shape index (κ3) is 3.14. The lowest BCUT2D eigenvalue weighted by Gasteiger charge is -2.36. The minimum Gasteiger partial charge on any atom is -0.376 e. The fourth-order valence-electron chi connectivity index (χ4n) is 2.88. The molecule has 1 aliphatic heterocycles. The Morgan fingerprint density at radius 2 is 1.71 bits per heavy atom. The second-order valence-electron chi connectivity index (χ2n) is 5.85. The molecule has 1 N–H and O–H groups in total. The number of benzene rings is 1. The number of halogens is 1. The molecule has 0 radical (unpaired) electrons. The van der Waals surface area contributed by atoms with Crippen molar-refractivity contribution in [2.75, 3.05) is 36.4 Å². The molecule has 6 nitrogen and oxygen atoms in total. The standard InChI is InChI=1S/C17H18ClN3O3/c1-11(22)20-6-8-21(9-7-20)15-14(16(23)17(15)24)19-10-12-2-4-13(18)5-3-12/h2-5,19H,6-10H2,1H3. The van der Waals surface area contributed by atoms with Crippen molar-refractivity contribution in [3.8, 4) is 0 Å². The van der Waals surface area contributed by atoms with Crippen LogP contribution in [0.1, 0.15) is 12.5 Å². The number of amides is 1. The van der Waals surface area contributed by atoms with E-state index in [1.54, 1.807) is 17.0 Å². The van der Waals surface area contributed by atoms with Crippen LogP contribution in [0.2, 0.25) is 5.02 Å². The third-order valence-electron chi connectivity index (χ3n) is 4.31. The van der Waals surface area contributed by atoms with Gasteiger partial charge in [0.2, 0.25) is 5.91 Å². The zero-order valence-corrected chi connectivity index (χ0v) is 14.1. The first-order chi connectivity index (χ1) is 11.5. The molecule has 0 atom stereocenters. The Balaban J connectivity index is 1.69. The Morgan fingerprint density at radius 1 is 1.08 bits per heavy atom. The van der Waals surface area contributed by atoms with Crippen LogP contribution < -0.4 is 21.1 Å². The summed E-state index contributed by atoms with van der Waals surface area (Å²) >= 11 is 5.85. The van der Waals surface area contributed by atoms with Gasteiger partial charge in [-0.2, -0.15) is 0 Å². The van der Waals surface area contributed by atoms with Crippen LogP contribution in [0.15, 0.2) is 33.9 Å². The highest BCUT2D eigenvalue weighted by Crippen LogP contribution is 2.22. The molecule has 24 heavy (non-hydrogen) atoms. The van der Waals surface area contributed by atoms with E-state index in [4.69, 9.17) is 11.6 Å². The van der Waals surface area contributed by atoms with E-state index in [2.05, 4.69) is 5.32 Å². The van der Waals surface area contributed by atoms with Gasteiger partial charge in [-0.3, -0.25) is 14.4 Å². The van der Waals surface area contributed by atoms with Gasteiger partial charge in [0.25, 0.3) is 10.9 Å². The van der Waals surface area contributed by atoms with Gasteiger partial charge in [-0.1, -0.05) is 23.7 Å². The summed E-state index contributed by atoms with van der Waals surface area (Å²) in [7, 11) is 0. The quantitative estimate of drug-likeness (QED) is 0.842. The van der Waals surface area contributed by atoms with Crippen LogP contribution in [0, 0.1) is 0 Å². The van der Waals surface area contributed by atoms with E-state index in [0.717, 1.165) is 5.56 Å². The van der Waals surface area contributed by atoms with E-state index in [9.17, 15) is 14.4 Å². The van der Waals surface area contributed by atoms with Crippen LogP contribution in [0.5, 0.6) is 0 Å². The molecule has 126 valence electrons. The van der Waals surface area contributed by atoms with Crippen molar-refractivity contribution in [3.05, 3.63) is 55.3 Å². The fourth-order valence-corrected chi connectivity index (χ4v) is 3.01. The maximum absolute atomic E-state index is 12.0. The summed E-state index contributed by atoms with van der Waals surface area (Å²) in [6.07, 6.45) is 0. The lowest BCUT2D eigenvalue weighted by atomic mass is 10.1. The second-order valence-corrected chi connectivity index (χ2v) is 6.29. The Morgan fingerprint density at radius 3 is 2.29 bits per heavy atom. The number of piperazine rings is 1. The molecule has 1 aliphatic rings. The van der Waals surface area contributed by atoms with E-state index in [0.29, 0.717) is 49.1 Å². The summed E-state index contributed by atoms with van der Waals surface area (Å²) in [6, 6.07) is 7.30. The van der Waals surface area contributed by atoms with Crippen molar-refractivity contribution >= 4 is 28.9 Å². The van der Waals surface area contributed by atoms with Crippen molar-refractivity contribution in [1.29, 1.82) is 0 Å². The number of anilines is 2. The number of carbonyl (C=O) groups is 1. The maximum Gasteiger partial charge on any atom is 0.253 e. The first-order valence-corrected chi connectivity index (χ1v) is 8.17. The molecule has 1 heterocycles. The Hall–Kier alpha value is -2.34. The van der Waals surface area contributed by atoms with Crippen molar-refractivity contribution in [3.63, 3.8) is 0 Å². The molecule has 0 unspecified atom stereocenters. The van der Waals surface area contributed by atoms with Gasteiger partial charge in [0, 0.05) is 44.7 Å². The maximum atomic E-state index is 12.0. The summed E-state index contributed by atoms with van der Waals surface area (Å²) in [6.45, 7) is 4.21. The van der Waals surface area contributed by atoms with Crippen LogP contribution in [0.25, 0.3) is 0 Å². The number of nitrogens with one attached hydrogen (secondary N) is 1. The topological polar surface area (TPSA) is 69.7 Å². The highest BCUT2D eigenvalue weighted by molar-refractivity contribution is 6.30. The van der Waals surface area contributed by atoms with Gasteiger partial charge in [0.1, 0.15) is 11.4 Å². The molecule has 0 aromatic heterocycles. The number of hydrogen-bond acceptors (Lipinski definition) is 5. The van der Waals surface area contributed by atoms with Gasteiger partial charge in [0.05, 0.1) is 0 Å². The van der Waals surface area contributed by atoms with E-state index in [1.807, 2.05) is 17.0 Å². The van der Waals surface area contributed by atoms with Crippen LogP contribution in [-0.4, -0.2) is 37.0 Å². The average Bonchev–Trinajstić information content (AvgIpc) is 2.59. The molecule has 2 aromatic carbocycles. The molecule has 0 saturated carbocycles. The van der Waals surface area contributed by atoms with E-state index in [1.165, 1.54) is 6.92 Å². The van der Waals surface area contributed by atoms with Gasteiger partial charge in [-0.15, -0.1) is 0 Å². The van der Waals surface area contributed by atoms with Crippen LogP contribution in [-0.2, 0) is 11.3 Å². The monoisotopic (exact) mass is 347 g/mol. The van der Waals surface area contributed by atoms with Crippen molar-refractivity contribution in [2.24, 2.45) is 0 Å². The van der Waals surface area contributed by atoms with Gasteiger partial charge in [-0.05, 0) is 17.7 Å². The first-order valence-electron chi connectivity index (χ1n) is 7.79. The second kappa shape index (κ2) is 6.65. The Bertz CT molecular complexity index is 817. The zero-order valence-electron chi connectivity index (χ0n) is 13.3. The van der Waals surface area contributed by atoms with Crippen LogP contribution in [0.4, 0.5) is 11.4 Å². The first kappa shape index (κ1) is 16.5. The van der Waals surface area contributed by atoms with Gasteiger partial charge >= 0.3 is 0 Å². The van der Waals surface area contributed by atoms with Gasteiger partial charge in [0.15, 0.2) is 0 Å². The van der Waals surface area contributed by atoms with Crippen molar-refractivity contribution < 1.29 is 4.79 Å². The molecule has 1 fully saturated rings. The Kier molecular flexibility index (Phi) is 4.57. The van der Waals surface area contributed by atoms with Gasteiger partial charge in [-0.25, -0.2) is 0 Å². The summed E-state index contributed by atoms with van der Waals surface area (Å²) in [5.41, 5.74) is 0.848. The summed E-state index contributed by atoms with van der Waals surface area (Å²) in [5.74, 6) is 0.0285. The third-order valence-corrected chi connectivity index (χ3v) is 4.56. The predicted octanol–water partition coefficient (Wildman–Crippen LogP) is 1.22. The molecule has 3 rings (SSSR count). The molecule has 1 saturated heterocycles. The minimum absolute atomic E-state index is 0.0285. The smallest absolute Gasteiger partial charge is 0.253 e. The van der Waals surface area contributed by atoms with E-state index >= 15 is 0 Å². The molecule has 7 heteroatoms. The molecule has 0 aliphatic carbocycles.